The van der Waals surface area contributed by atoms with Gasteiger partial charge in [-0.1, -0.05) is 30.7 Å². The molecule has 94 valence electrons. The van der Waals surface area contributed by atoms with Crippen LogP contribution in [0.4, 0.5) is 11.6 Å². The highest BCUT2D eigenvalue weighted by Gasteiger charge is 2.06. The van der Waals surface area contributed by atoms with Crippen LogP contribution in [0.3, 0.4) is 0 Å². The van der Waals surface area contributed by atoms with Crippen molar-refractivity contribution in [1.82, 2.24) is 9.97 Å². The van der Waals surface area contributed by atoms with Gasteiger partial charge in [0.05, 0.1) is 0 Å². The predicted octanol–water partition coefficient (Wildman–Crippen LogP) is 2.89. The van der Waals surface area contributed by atoms with E-state index in [0.717, 1.165) is 28.4 Å². The number of anilines is 2. The van der Waals surface area contributed by atoms with E-state index in [9.17, 15) is 0 Å². The molecule has 0 fully saturated rings. The van der Waals surface area contributed by atoms with Crippen molar-refractivity contribution in [3.05, 3.63) is 46.7 Å². The minimum Gasteiger partial charge on any atom is -0.383 e. The molecule has 5 heteroatoms. The SMILES string of the molecule is CCc1c(N)ncnc1NCc1cccc(Cl)c1. The smallest absolute Gasteiger partial charge is 0.134 e. The summed E-state index contributed by atoms with van der Waals surface area (Å²) in [6.45, 7) is 2.68. The van der Waals surface area contributed by atoms with E-state index < -0.39 is 0 Å². The van der Waals surface area contributed by atoms with Crippen LogP contribution in [0.15, 0.2) is 30.6 Å². The lowest BCUT2D eigenvalue weighted by molar-refractivity contribution is 1.02. The Hall–Kier alpha value is -1.81. The summed E-state index contributed by atoms with van der Waals surface area (Å²) in [7, 11) is 0. The van der Waals surface area contributed by atoms with Gasteiger partial charge in [0.15, 0.2) is 0 Å². The van der Waals surface area contributed by atoms with Gasteiger partial charge in [-0.05, 0) is 24.1 Å². The van der Waals surface area contributed by atoms with Crippen molar-refractivity contribution in [2.24, 2.45) is 0 Å². The van der Waals surface area contributed by atoms with E-state index in [1.165, 1.54) is 6.33 Å². The van der Waals surface area contributed by atoms with Gasteiger partial charge in [-0.2, -0.15) is 0 Å². The number of nitrogens with zero attached hydrogens (tertiary/aromatic N) is 2. The van der Waals surface area contributed by atoms with Gasteiger partial charge < -0.3 is 11.1 Å². The van der Waals surface area contributed by atoms with Crippen molar-refractivity contribution in [2.75, 3.05) is 11.1 Å². The topological polar surface area (TPSA) is 63.8 Å². The molecule has 0 aliphatic heterocycles. The lowest BCUT2D eigenvalue weighted by atomic mass is 10.2. The zero-order chi connectivity index (χ0) is 13.0. The fourth-order valence-corrected chi connectivity index (χ4v) is 1.97. The first-order valence-corrected chi connectivity index (χ1v) is 6.16. The Balaban J connectivity index is 2.13. The van der Waals surface area contributed by atoms with E-state index in [1.807, 2.05) is 31.2 Å². The Kier molecular flexibility index (Phi) is 3.99. The zero-order valence-electron chi connectivity index (χ0n) is 10.2. The maximum atomic E-state index is 5.94. The predicted molar refractivity (Wildman–Crippen MR) is 74.6 cm³/mol. The Bertz CT molecular complexity index is 542. The number of nitrogens with two attached hydrogens (primary N) is 1. The van der Waals surface area contributed by atoms with Crippen molar-refractivity contribution in [3.8, 4) is 0 Å². The number of halogens is 1. The Morgan fingerprint density at radius 1 is 1.33 bits per heavy atom. The third-order valence-electron chi connectivity index (χ3n) is 2.68. The second-order valence-electron chi connectivity index (χ2n) is 3.92. The van der Waals surface area contributed by atoms with Crippen LogP contribution in [0.25, 0.3) is 0 Å². The molecular weight excluding hydrogens is 248 g/mol. The first-order valence-electron chi connectivity index (χ1n) is 5.78. The second-order valence-corrected chi connectivity index (χ2v) is 4.36. The highest BCUT2D eigenvalue weighted by Crippen LogP contribution is 2.19. The molecule has 0 aliphatic carbocycles. The first-order chi connectivity index (χ1) is 8.70. The molecule has 0 amide bonds. The van der Waals surface area contributed by atoms with Crippen molar-refractivity contribution in [3.63, 3.8) is 0 Å². The van der Waals surface area contributed by atoms with Gasteiger partial charge in [-0.25, -0.2) is 9.97 Å². The van der Waals surface area contributed by atoms with Gasteiger partial charge in [0.1, 0.15) is 18.0 Å². The number of rotatable bonds is 4. The third kappa shape index (κ3) is 2.90. The summed E-state index contributed by atoms with van der Waals surface area (Å²) in [5.74, 6) is 1.31. The molecule has 2 aromatic rings. The standard InChI is InChI=1S/C13H15ClN4/c1-2-11-12(15)17-8-18-13(11)16-7-9-4-3-5-10(14)6-9/h3-6,8H,2,7H2,1H3,(H3,15,16,17,18). The van der Waals surface area contributed by atoms with Crippen LogP contribution in [-0.4, -0.2) is 9.97 Å². The number of nitrogen functional groups attached to an aromatic ring is 1. The highest BCUT2D eigenvalue weighted by atomic mass is 35.5. The Labute approximate surface area is 111 Å². The molecular formula is C13H15ClN4. The summed E-state index contributed by atoms with van der Waals surface area (Å²) < 4.78 is 0. The average Bonchev–Trinajstić information content (AvgIpc) is 2.36. The molecule has 3 N–H and O–H groups in total. The number of hydrogen-bond donors (Lipinski definition) is 2. The van der Waals surface area contributed by atoms with Crippen molar-refractivity contribution in [1.29, 1.82) is 0 Å². The van der Waals surface area contributed by atoms with Crippen LogP contribution < -0.4 is 11.1 Å². The van der Waals surface area contributed by atoms with Crippen LogP contribution in [0.5, 0.6) is 0 Å². The number of aromatic nitrogens is 2. The van der Waals surface area contributed by atoms with Crippen molar-refractivity contribution < 1.29 is 0 Å². The molecule has 0 aliphatic rings. The summed E-state index contributed by atoms with van der Waals surface area (Å²) in [6.07, 6.45) is 2.26. The summed E-state index contributed by atoms with van der Waals surface area (Å²) in [5, 5.41) is 3.99. The van der Waals surface area contributed by atoms with Crippen molar-refractivity contribution in [2.45, 2.75) is 19.9 Å². The molecule has 0 bridgehead atoms. The maximum Gasteiger partial charge on any atom is 0.134 e. The van der Waals surface area contributed by atoms with Gasteiger partial charge in [0.25, 0.3) is 0 Å². The molecule has 1 aromatic heterocycles. The summed E-state index contributed by atoms with van der Waals surface area (Å²) >= 11 is 5.94. The Morgan fingerprint density at radius 2 is 2.17 bits per heavy atom. The zero-order valence-corrected chi connectivity index (χ0v) is 10.9. The molecule has 4 nitrogen and oxygen atoms in total. The van der Waals surface area contributed by atoms with Gasteiger partial charge in [0, 0.05) is 17.1 Å². The van der Waals surface area contributed by atoms with E-state index in [4.69, 9.17) is 17.3 Å². The first kappa shape index (κ1) is 12.6. The van der Waals surface area contributed by atoms with Gasteiger partial charge in [-0.15, -0.1) is 0 Å². The fourth-order valence-electron chi connectivity index (χ4n) is 1.76. The lowest BCUT2D eigenvalue weighted by Gasteiger charge is -2.11. The molecule has 0 spiro atoms. The molecule has 2 rings (SSSR count). The third-order valence-corrected chi connectivity index (χ3v) is 2.92. The minimum atomic E-state index is 0.529. The molecule has 0 radical (unpaired) electrons. The molecule has 0 saturated carbocycles. The molecule has 18 heavy (non-hydrogen) atoms. The van der Waals surface area contributed by atoms with Gasteiger partial charge in [0.2, 0.25) is 0 Å². The van der Waals surface area contributed by atoms with E-state index in [-0.39, 0.29) is 0 Å². The monoisotopic (exact) mass is 262 g/mol. The van der Waals surface area contributed by atoms with Crippen molar-refractivity contribution >= 4 is 23.2 Å². The highest BCUT2D eigenvalue weighted by molar-refractivity contribution is 6.30. The van der Waals surface area contributed by atoms with E-state index in [2.05, 4.69) is 15.3 Å². The fraction of sp³-hybridized carbons (Fsp3) is 0.231. The molecule has 0 saturated heterocycles. The Morgan fingerprint density at radius 3 is 2.89 bits per heavy atom. The van der Waals surface area contributed by atoms with E-state index in [0.29, 0.717) is 12.4 Å². The second kappa shape index (κ2) is 5.69. The molecule has 1 aromatic carbocycles. The van der Waals surface area contributed by atoms with Crippen LogP contribution in [0, 0.1) is 0 Å². The van der Waals surface area contributed by atoms with E-state index in [1.54, 1.807) is 0 Å². The van der Waals surface area contributed by atoms with Gasteiger partial charge in [-0.3, -0.25) is 0 Å². The summed E-state index contributed by atoms with van der Waals surface area (Å²) in [6, 6.07) is 7.71. The minimum absolute atomic E-state index is 0.529. The quantitative estimate of drug-likeness (QED) is 0.889. The molecule has 0 unspecified atom stereocenters. The molecule has 0 atom stereocenters. The van der Waals surface area contributed by atoms with E-state index >= 15 is 0 Å². The average molecular weight is 263 g/mol. The lowest BCUT2D eigenvalue weighted by Crippen LogP contribution is -2.07. The molecule has 1 heterocycles. The van der Waals surface area contributed by atoms with Crippen LogP contribution >= 0.6 is 11.6 Å². The van der Waals surface area contributed by atoms with Crippen LogP contribution in [0.2, 0.25) is 5.02 Å². The van der Waals surface area contributed by atoms with Crippen LogP contribution in [0.1, 0.15) is 18.1 Å². The summed E-state index contributed by atoms with van der Waals surface area (Å²) in [4.78, 5) is 8.20. The maximum absolute atomic E-state index is 5.94. The number of benzene rings is 1. The normalized spacial score (nSPS) is 10.3. The number of nitrogens with one attached hydrogen (secondary N) is 1. The summed E-state index contributed by atoms with van der Waals surface area (Å²) in [5.41, 5.74) is 7.86. The van der Waals surface area contributed by atoms with Gasteiger partial charge >= 0.3 is 0 Å². The largest absolute Gasteiger partial charge is 0.383 e. The van der Waals surface area contributed by atoms with Crippen LogP contribution in [-0.2, 0) is 13.0 Å². The number of hydrogen-bond acceptors (Lipinski definition) is 4.